The highest BCUT2D eigenvalue weighted by Gasteiger charge is 2.13. The zero-order valence-corrected chi connectivity index (χ0v) is 20.7. The van der Waals surface area contributed by atoms with Crippen molar-refractivity contribution in [2.75, 3.05) is 12.9 Å². The van der Waals surface area contributed by atoms with Crippen molar-refractivity contribution in [3.8, 4) is 17.6 Å². The number of hydrogen-bond acceptors (Lipinski definition) is 6. The first kappa shape index (κ1) is 24.6. The molecule has 0 aliphatic carbocycles. The van der Waals surface area contributed by atoms with Crippen molar-refractivity contribution in [1.29, 1.82) is 5.26 Å². The lowest BCUT2D eigenvalue weighted by molar-refractivity contribution is -0.118. The van der Waals surface area contributed by atoms with E-state index in [4.69, 9.17) is 21.1 Å². The van der Waals surface area contributed by atoms with Crippen molar-refractivity contribution < 1.29 is 14.3 Å². The average Bonchev–Trinajstić information content (AvgIpc) is 2.83. The normalized spacial score (nSPS) is 10.6. The highest BCUT2D eigenvalue weighted by atomic mass is 79.9. The van der Waals surface area contributed by atoms with E-state index in [1.165, 1.54) is 25.1 Å². The minimum atomic E-state index is -0.228. The van der Waals surface area contributed by atoms with Gasteiger partial charge < -0.3 is 9.47 Å². The predicted molar refractivity (Wildman–Crippen MR) is 134 cm³/mol. The number of thioether (sulfide) groups is 1. The van der Waals surface area contributed by atoms with Crippen LogP contribution in [0.1, 0.15) is 16.7 Å². The van der Waals surface area contributed by atoms with Crippen LogP contribution in [0.5, 0.6) is 11.5 Å². The first-order valence-corrected chi connectivity index (χ1v) is 11.8. The fraction of sp³-hybridized carbons (Fsp3) is 0.125. The van der Waals surface area contributed by atoms with Crippen LogP contribution in [0.4, 0.5) is 0 Å². The van der Waals surface area contributed by atoms with Crippen molar-refractivity contribution in [1.82, 2.24) is 5.43 Å². The van der Waals surface area contributed by atoms with Crippen molar-refractivity contribution in [2.24, 2.45) is 5.10 Å². The largest absolute Gasteiger partial charge is 0.493 e. The third kappa shape index (κ3) is 7.26. The van der Waals surface area contributed by atoms with E-state index in [0.29, 0.717) is 32.1 Å². The van der Waals surface area contributed by atoms with Gasteiger partial charge >= 0.3 is 0 Å². The molecule has 0 radical (unpaired) electrons. The summed E-state index contributed by atoms with van der Waals surface area (Å²) in [5.41, 5.74) is 4.55. The van der Waals surface area contributed by atoms with Crippen LogP contribution < -0.4 is 14.9 Å². The molecule has 0 aromatic heterocycles. The highest BCUT2D eigenvalue weighted by Crippen LogP contribution is 2.37. The van der Waals surface area contributed by atoms with Gasteiger partial charge in [0.2, 0.25) is 5.91 Å². The molecule has 0 bridgehead atoms. The van der Waals surface area contributed by atoms with Gasteiger partial charge in [0, 0.05) is 15.5 Å². The number of nitrogens with one attached hydrogen (secondary N) is 1. The second-order valence-corrected chi connectivity index (χ2v) is 8.97. The molecule has 168 valence electrons. The van der Waals surface area contributed by atoms with Gasteiger partial charge in [-0.05, 0) is 64.0 Å². The molecule has 0 saturated carbocycles. The number of rotatable bonds is 9. The Morgan fingerprint density at radius 1 is 1.24 bits per heavy atom. The Hall–Kier alpha value is -2.99. The lowest BCUT2D eigenvalue weighted by Crippen LogP contribution is -2.19. The molecular weight excluding hydrogens is 526 g/mol. The number of benzene rings is 3. The Morgan fingerprint density at radius 3 is 2.73 bits per heavy atom. The summed E-state index contributed by atoms with van der Waals surface area (Å²) in [6, 6.07) is 20.2. The lowest BCUT2D eigenvalue weighted by Gasteiger charge is -2.14. The van der Waals surface area contributed by atoms with Gasteiger partial charge in [0.15, 0.2) is 11.5 Å². The van der Waals surface area contributed by atoms with Gasteiger partial charge in [-0.1, -0.05) is 29.8 Å². The summed E-state index contributed by atoms with van der Waals surface area (Å²) in [4.78, 5) is 13.0. The molecular formula is C24H19BrClN3O3S. The van der Waals surface area contributed by atoms with Gasteiger partial charge in [-0.25, -0.2) is 5.43 Å². The van der Waals surface area contributed by atoms with E-state index in [9.17, 15) is 10.1 Å². The van der Waals surface area contributed by atoms with Crippen molar-refractivity contribution in [2.45, 2.75) is 11.5 Å². The van der Waals surface area contributed by atoms with Gasteiger partial charge in [0.1, 0.15) is 6.61 Å². The second-order valence-electron chi connectivity index (χ2n) is 6.63. The average molecular weight is 545 g/mol. The molecule has 0 unspecified atom stereocenters. The molecule has 0 saturated heterocycles. The summed E-state index contributed by atoms with van der Waals surface area (Å²) in [5, 5.41) is 13.9. The van der Waals surface area contributed by atoms with Crippen molar-refractivity contribution in [3.63, 3.8) is 0 Å². The second kappa shape index (κ2) is 12.3. The number of hydrogen-bond donors (Lipinski definition) is 1. The number of hydrazone groups is 1. The number of carbonyl (C=O) groups is 1. The molecule has 0 aliphatic rings. The van der Waals surface area contributed by atoms with Crippen LogP contribution in [0.3, 0.4) is 0 Å². The molecule has 1 amide bonds. The highest BCUT2D eigenvalue weighted by molar-refractivity contribution is 9.10. The molecule has 3 aromatic carbocycles. The summed E-state index contributed by atoms with van der Waals surface area (Å²) < 4.78 is 12.0. The Labute approximate surface area is 209 Å². The number of halogens is 2. The predicted octanol–water partition coefficient (Wildman–Crippen LogP) is 5.80. The van der Waals surface area contributed by atoms with Gasteiger partial charge in [0.05, 0.1) is 35.2 Å². The minimum absolute atomic E-state index is 0.216. The zero-order chi connectivity index (χ0) is 23.6. The Kier molecular flexibility index (Phi) is 9.19. The van der Waals surface area contributed by atoms with Crippen LogP contribution in [0.2, 0.25) is 5.02 Å². The van der Waals surface area contributed by atoms with E-state index in [0.717, 1.165) is 10.5 Å². The molecule has 0 spiro atoms. The Bertz CT molecular complexity index is 1200. The van der Waals surface area contributed by atoms with Gasteiger partial charge in [-0.3, -0.25) is 4.79 Å². The molecule has 0 aliphatic heterocycles. The summed E-state index contributed by atoms with van der Waals surface area (Å²) >= 11 is 10.7. The first-order valence-electron chi connectivity index (χ1n) is 9.68. The third-order valence-electron chi connectivity index (χ3n) is 4.35. The monoisotopic (exact) mass is 543 g/mol. The number of nitrogens with zero attached hydrogens (tertiary/aromatic N) is 2. The maximum absolute atomic E-state index is 12.0. The van der Waals surface area contributed by atoms with E-state index < -0.39 is 0 Å². The van der Waals surface area contributed by atoms with E-state index in [1.54, 1.807) is 30.3 Å². The maximum Gasteiger partial charge on any atom is 0.250 e. The van der Waals surface area contributed by atoms with Gasteiger partial charge in [-0.2, -0.15) is 10.4 Å². The van der Waals surface area contributed by atoms with E-state index in [1.807, 2.05) is 30.3 Å². The van der Waals surface area contributed by atoms with Crippen LogP contribution >= 0.6 is 39.3 Å². The van der Waals surface area contributed by atoms with Crippen LogP contribution in [0, 0.1) is 11.3 Å². The maximum atomic E-state index is 12.0. The molecule has 0 atom stereocenters. The molecule has 3 rings (SSSR count). The lowest BCUT2D eigenvalue weighted by atomic mass is 10.1. The SMILES string of the molecule is COc1cc(/C=N\NC(=O)CSc2ccc(Cl)cc2)cc(Br)c1OCc1ccccc1C#N. The van der Waals surface area contributed by atoms with Gasteiger partial charge in [-0.15, -0.1) is 11.8 Å². The standard InChI is InChI=1S/C24H19BrClN3O3S/c1-31-22-11-16(13-28-29-23(30)15-33-20-8-6-19(26)7-9-20)10-21(25)24(22)32-14-18-5-3-2-4-17(18)12-27/h2-11,13H,14-15H2,1H3,(H,29,30)/b28-13-. The molecule has 0 fully saturated rings. The fourth-order valence-electron chi connectivity index (χ4n) is 2.75. The van der Waals surface area contributed by atoms with E-state index in [-0.39, 0.29) is 18.3 Å². The summed E-state index contributed by atoms with van der Waals surface area (Å²) in [6.07, 6.45) is 1.52. The number of amides is 1. The number of ether oxygens (including phenoxy) is 2. The topological polar surface area (TPSA) is 83.7 Å². The third-order valence-corrected chi connectivity index (χ3v) is 6.20. The smallest absolute Gasteiger partial charge is 0.250 e. The van der Waals surface area contributed by atoms with Crippen LogP contribution in [0.15, 0.2) is 75.1 Å². The first-order chi connectivity index (χ1) is 16.0. The Balaban J connectivity index is 1.60. The van der Waals surface area contributed by atoms with E-state index >= 15 is 0 Å². The Morgan fingerprint density at radius 2 is 2.00 bits per heavy atom. The van der Waals surface area contributed by atoms with Crippen molar-refractivity contribution in [3.05, 3.63) is 86.8 Å². The van der Waals surface area contributed by atoms with Gasteiger partial charge in [0.25, 0.3) is 0 Å². The minimum Gasteiger partial charge on any atom is -0.493 e. The van der Waals surface area contributed by atoms with E-state index in [2.05, 4.69) is 32.5 Å². The van der Waals surface area contributed by atoms with Crippen LogP contribution in [-0.4, -0.2) is 25.0 Å². The number of carbonyl (C=O) groups excluding carboxylic acids is 1. The number of nitriles is 1. The fourth-order valence-corrected chi connectivity index (χ4v) is 4.14. The van der Waals surface area contributed by atoms with Crippen LogP contribution in [-0.2, 0) is 11.4 Å². The summed E-state index contributed by atoms with van der Waals surface area (Å²) in [7, 11) is 1.54. The molecule has 6 nitrogen and oxygen atoms in total. The zero-order valence-electron chi connectivity index (χ0n) is 17.5. The van der Waals surface area contributed by atoms with Crippen LogP contribution in [0.25, 0.3) is 0 Å². The number of methoxy groups -OCH3 is 1. The molecule has 3 aromatic rings. The molecule has 33 heavy (non-hydrogen) atoms. The summed E-state index contributed by atoms with van der Waals surface area (Å²) in [6.45, 7) is 0.216. The summed E-state index contributed by atoms with van der Waals surface area (Å²) in [5.74, 6) is 0.993. The molecule has 0 heterocycles. The molecule has 9 heteroatoms. The van der Waals surface area contributed by atoms with Crippen molar-refractivity contribution >= 4 is 51.4 Å². The molecule has 1 N–H and O–H groups in total. The quantitative estimate of drug-likeness (QED) is 0.209.